The van der Waals surface area contributed by atoms with E-state index >= 15 is 0 Å². The summed E-state index contributed by atoms with van der Waals surface area (Å²) < 4.78 is 38.1. The topological polar surface area (TPSA) is 131 Å². The SMILES string of the molecule is Cc1cc(OC(=O)c2cc[n+](C)cc2)ccc1[N+](=O)[O-].Cc1ccc(S(=O)(=O)[O-])cc1. The number of aromatic nitrogens is 1. The van der Waals surface area contributed by atoms with Crippen molar-refractivity contribution < 1.29 is 32.0 Å². The van der Waals surface area contributed by atoms with Crippen LogP contribution in [-0.4, -0.2) is 23.9 Å². The number of rotatable bonds is 4. The Hall–Kier alpha value is -3.63. The first-order valence-corrected chi connectivity index (χ1v) is 10.3. The number of carbonyl (C=O) groups is 1. The third kappa shape index (κ3) is 6.98. The first-order valence-electron chi connectivity index (χ1n) is 8.92. The Labute approximate surface area is 179 Å². The molecule has 0 atom stereocenters. The molecule has 3 rings (SSSR count). The fraction of sp³-hybridized carbons (Fsp3) is 0.143. The van der Waals surface area contributed by atoms with Crippen molar-refractivity contribution in [2.24, 2.45) is 7.05 Å². The Morgan fingerprint density at radius 1 is 1.00 bits per heavy atom. The van der Waals surface area contributed by atoms with Crippen LogP contribution in [0.15, 0.2) is 71.9 Å². The average Bonchev–Trinajstić information content (AvgIpc) is 2.68. The van der Waals surface area contributed by atoms with Gasteiger partial charge in [-0.1, -0.05) is 17.7 Å². The predicted octanol–water partition coefficient (Wildman–Crippen LogP) is 2.85. The Morgan fingerprint density at radius 2 is 1.58 bits per heavy atom. The van der Waals surface area contributed by atoms with Gasteiger partial charge in [0.05, 0.1) is 15.4 Å². The second kappa shape index (κ2) is 9.92. The highest BCUT2D eigenvalue weighted by Gasteiger charge is 2.14. The van der Waals surface area contributed by atoms with Crippen molar-refractivity contribution >= 4 is 21.8 Å². The van der Waals surface area contributed by atoms with Crippen LogP contribution in [0.1, 0.15) is 21.5 Å². The van der Waals surface area contributed by atoms with E-state index in [0.717, 1.165) is 5.56 Å². The zero-order valence-corrected chi connectivity index (χ0v) is 17.8. The molecule has 9 nitrogen and oxygen atoms in total. The van der Waals surface area contributed by atoms with Crippen molar-refractivity contribution in [3.63, 3.8) is 0 Å². The van der Waals surface area contributed by atoms with Crippen LogP contribution in [0.4, 0.5) is 5.69 Å². The van der Waals surface area contributed by atoms with Crippen molar-refractivity contribution in [1.29, 1.82) is 0 Å². The quantitative estimate of drug-likeness (QED) is 0.151. The van der Waals surface area contributed by atoms with Crippen LogP contribution in [0.3, 0.4) is 0 Å². The number of hydrogen-bond acceptors (Lipinski definition) is 7. The summed E-state index contributed by atoms with van der Waals surface area (Å²) in [6, 6.07) is 13.3. The minimum absolute atomic E-state index is 0.00321. The minimum Gasteiger partial charge on any atom is -0.744 e. The molecule has 10 heteroatoms. The molecule has 0 aliphatic heterocycles. The number of nitrogens with zero attached hydrogens (tertiary/aromatic N) is 2. The van der Waals surface area contributed by atoms with Gasteiger partial charge in [-0.2, -0.15) is 0 Å². The van der Waals surface area contributed by atoms with Crippen LogP contribution in [-0.2, 0) is 17.2 Å². The van der Waals surface area contributed by atoms with E-state index in [1.54, 1.807) is 48.1 Å². The number of benzene rings is 2. The molecule has 1 heterocycles. The van der Waals surface area contributed by atoms with Gasteiger partial charge >= 0.3 is 5.97 Å². The summed E-state index contributed by atoms with van der Waals surface area (Å²) in [4.78, 5) is 21.9. The zero-order valence-electron chi connectivity index (χ0n) is 17.0. The van der Waals surface area contributed by atoms with Gasteiger partial charge in [0.15, 0.2) is 12.4 Å². The normalized spacial score (nSPS) is 10.6. The molecule has 0 bridgehead atoms. The molecule has 3 aromatic rings. The van der Waals surface area contributed by atoms with Gasteiger partial charge in [0.25, 0.3) is 5.69 Å². The molecule has 0 saturated carbocycles. The van der Waals surface area contributed by atoms with Crippen molar-refractivity contribution in [2.45, 2.75) is 18.7 Å². The van der Waals surface area contributed by atoms with E-state index in [1.807, 2.05) is 14.0 Å². The summed E-state index contributed by atoms with van der Waals surface area (Å²) in [5.74, 6) is -0.217. The molecule has 0 unspecified atom stereocenters. The Kier molecular flexibility index (Phi) is 7.56. The summed E-state index contributed by atoms with van der Waals surface area (Å²) in [5.41, 5.74) is 1.79. The van der Waals surface area contributed by atoms with E-state index in [2.05, 4.69) is 0 Å². The lowest BCUT2D eigenvalue weighted by molar-refractivity contribution is -0.671. The molecule has 162 valence electrons. The lowest BCUT2D eigenvalue weighted by Gasteiger charge is -2.05. The average molecular weight is 444 g/mol. The molecule has 0 saturated heterocycles. The molecule has 0 amide bonds. The first-order chi connectivity index (χ1) is 14.5. The van der Waals surface area contributed by atoms with Gasteiger partial charge in [0.1, 0.15) is 22.9 Å². The van der Waals surface area contributed by atoms with E-state index in [9.17, 15) is 27.9 Å². The molecule has 0 N–H and O–H groups in total. The fourth-order valence-electron chi connectivity index (χ4n) is 2.40. The number of nitro benzene ring substituents is 1. The molecule has 1 aromatic heterocycles. The van der Waals surface area contributed by atoms with Crippen molar-refractivity contribution in [2.75, 3.05) is 0 Å². The molecule has 31 heavy (non-hydrogen) atoms. The molecule has 0 spiro atoms. The zero-order chi connectivity index (χ0) is 23.2. The largest absolute Gasteiger partial charge is 0.744 e. The molecular formula is C21H20N2O7S. The summed E-state index contributed by atoms with van der Waals surface area (Å²) in [7, 11) is -2.43. The van der Waals surface area contributed by atoms with Crippen molar-refractivity contribution in [3.8, 4) is 5.75 Å². The van der Waals surface area contributed by atoms with Crippen molar-refractivity contribution in [3.05, 3.63) is 93.8 Å². The third-order valence-electron chi connectivity index (χ3n) is 4.10. The van der Waals surface area contributed by atoms with Gasteiger partial charge in [-0.15, -0.1) is 0 Å². The number of hydrogen-bond donors (Lipinski definition) is 0. The summed E-state index contributed by atoms with van der Waals surface area (Å²) >= 11 is 0. The van der Waals surface area contributed by atoms with Crippen LogP contribution in [0.5, 0.6) is 5.75 Å². The second-order valence-corrected chi connectivity index (χ2v) is 7.99. The van der Waals surface area contributed by atoms with Gasteiger partial charge in [-0.3, -0.25) is 10.1 Å². The van der Waals surface area contributed by atoms with Crippen LogP contribution in [0, 0.1) is 24.0 Å². The first kappa shape index (κ1) is 23.6. The number of pyridine rings is 1. The molecule has 0 radical (unpaired) electrons. The van der Waals surface area contributed by atoms with Gasteiger partial charge in [0, 0.05) is 23.8 Å². The minimum atomic E-state index is -4.27. The summed E-state index contributed by atoms with van der Waals surface area (Å²) in [6.45, 7) is 3.42. The van der Waals surface area contributed by atoms with Crippen LogP contribution in [0.25, 0.3) is 0 Å². The summed E-state index contributed by atoms with van der Waals surface area (Å²) in [5, 5.41) is 10.7. The van der Waals surface area contributed by atoms with Crippen LogP contribution >= 0.6 is 0 Å². The van der Waals surface area contributed by atoms with Crippen LogP contribution in [0.2, 0.25) is 0 Å². The van der Waals surface area contributed by atoms with Gasteiger partial charge in [-0.05, 0) is 38.1 Å². The standard InChI is InChI=1S/C14H13N2O4.C7H8O3S/c1-10-9-12(3-4-13(10)16(18)19)20-14(17)11-5-7-15(2)8-6-11;1-6-2-4-7(5-3-6)11(8,9)10/h3-9H,1-2H3;2-5H,1H3,(H,8,9,10)/q+1;/p-1. The Balaban J connectivity index is 0.000000262. The monoisotopic (exact) mass is 444 g/mol. The van der Waals surface area contributed by atoms with E-state index in [1.165, 1.54) is 30.3 Å². The van der Waals surface area contributed by atoms with Crippen LogP contribution < -0.4 is 9.30 Å². The predicted molar refractivity (Wildman–Crippen MR) is 110 cm³/mol. The highest BCUT2D eigenvalue weighted by molar-refractivity contribution is 7.85. The van der Waals surface area contributed by atoms with Gasteiger partial charge < -0.3 is 9.29 Å². The maximum atomic E-state index is 11.9. The highest BCUT2D eigenvalue weighted by Crippen LogP contribution is 2.23. The maximum absolute atomic E-state index is 11.9. The van der Waals surface area contributed by atoms with Crippen molar-refractivity contribution in [1.82, 2.24) is 0 Å². The second-order valence-electron chi connectivity index (χ2n) is 6.61. The number of aryl methyl sites for hydroxylation is 3. The smallest absolute Gasteiger partial charge is 0.343 e. The number of nitro groups is 1. The maximum Gasteiger partial charge on any atom is 0.343 e. The third-order valence-corrected chi connectivity index (χ3v) is 4.95. The molecule has 0 aliphatic rings. The van der Waals surface area contributed by atoms with Gasteiger partial charge in [-0.25, -0.2) is 17.8 Å². The highest BCUT2D eigenvalue weighted by atomic mass is 32.2. The van der Waals surface area contributed by atoms with Gasteiger partial charge in [0.2, 0.25) is 0 Å². The number of ether oxygens (including phenoxy) is 1. The fourth-order valence-corrected chi connectivity index (χ4v) is 2.87. The number of esters is 1. The lowest BCUT2D eigenvalue weighted by atomic mass is 10.2. The molecule has 0 fully saturated rings. The number of carbonyl (C=O) groups excluding carboxylic acids is 1. The molecular weight excluding hydrogens is 424 g/mol. The van der Waals surface area contributed by atoms with E-state index in [-0.39, 0.29) is 16.3 Å². The van der Waals surface area contributed by atoms with E-state index in [4.69, 9.17) is 4.74 Å². The Morgan fingerprint density at radius 3 is 2.06 bits per heavy atom. The van der Waals surface area contributed by atoms with E-state index < -0.39 is 21.0 Å². The Bertz CT molecular complexity index is 1190. The lowest BCUT2D eigenvalue weighted by Crippen LogP contribution is -2.26. The summed E-state index contributed by atoms with van der Waals surface area (Å²) in [6.07, 6.45) is 3.47. The van der Waals surface area contributed by atoms with E-state index in [0.29, 0.717) is 11.1 Å². The molecule has 0 aliphatic carbocycles. The molecule has 2 aromatic carbocycles.